The van der Waals surface area contributed by atoms with E-state index < -0.39 is 0 Å². The van der Waals surface area contributed by atoms with E-state index in [1.54, 1.807) is 49.6 Å². The highest BCUT2D eigenvalue weighted by atomic mass is 16.5. The third-order valence-corrected chi connectivity index (χ3v) is 3.72. The molecule has 0 amide bonds. The Morgan fingerprint density at radius 2 is 1.87 bits per heavy atom. The zero-order chi connectivity index (χ0) is 16.2. The van der Waals surface area contributed by atoms with Crippen molar-refractivity contribution < 1.29 is 9.53 Å². The van der Waals surface area contributed by atoms with Crippen LogP contribution in [0.2, 0.25) is 0 Å². The Kier molecular flexibility index (Phi) is 4.19. The Labute approximate surface area is 133 Å². The Balaban J connectivity index is 1.76. The highest BCUT2D eigenvalue weighted by Crippen LogP contribution is 2.13. The zero-order valence-electron chi connectivity index (χ0n) is 12.7. The van der Waals surface area contributed by atoms with Crippen molar-refractivity contribution in [1.29, 1.82) is 0 Å². The monoisotopic (exact) mass is 308 g/mol. The Morgan fingerprint density at radius 3 is 2.61 bits per heavy atom. The molecule has 0 aliphatic rings. The molecule has 2 aromatic carbocycles. The molecule has 0 spiro atoms. The number of aryl methyl sites for hydroxylation is 1. The van der Waals surface area contributed by atoms with Gasteiger partial charge in [-0.2, -0.15) is 0 Å². The maximum absolute atomic E-state index is 12.4. The van der Waals surface area contributed by atoms with Crippen LogP contribution in [0, 0.1) is 0 Å². The molecule has 0 unspecified atom stereocenters. The summed E-state index contributed by atoms with van der Waals surface area (Å²) in [5.74, 6) is 0.684. The van der Waals surface area contributed by atoms with Gasteiger partial charge in [-0.25, -0.2) is 4.98 Å². The van der Waals surface area contributed by atoms with Crippen molar-refractivity contribution in [3.63, 3.8) is 0 Å². The summed E-state index contributed by atoms with van der Waals surface area (Å²) in [5.41, 5.74) is 1.14. The molecule has 1 aromatic heterocycles. The number of Topliss-reactive ketones (excluding diaryl/α,β-unsaturated/α-hetero) is 1. The van der Waals surface area contributed by atoms with Gasteiger partial charge in [0, 0.05) is 18.5 Å². The van der Waals surface area contributed by atoms with Crippen molar-refractivity contribution in [1.82, 2.24) is 9.55 Å². The van der Waals surface area contributed by atoms with E-state index in [0.717, 1.165) is 0 Å². The Hall–Kier alpha value is -2.95. The zero-order valence-corrected chi connectivity index (χ0v) is 12.7. The summed E-state index contributed by atoms with van der Waals surface area (Å²) in [5, 5.41) is 0.562. The predicted octanol–water partition coefficient (Wildman–Crippen LogP) is 2.68. The summed E-state index contributed by atoms with van der Waals surface area (Å²) >= 11 is 0. The second-order valence-electron chi connectivity index (χ2n) is 5.16. The first-order valence-corrected chi connectivity index (χ1v) is 7.30. The van der Waals surface area contributed by atoms with Gasteiger partial charge in [0.05, 0.1) is 24.3 Å². The van der Waals surface area contributed by atoms with Gasteiger partial charge in [-0.05, 0) is 36.4 Å². The molecule has 0 saturated carbocycles. The molecular formula is C18H16N2O3. The normalized spacial score (nSPS) is 10.7. The third-order valence-electron chi connectivity index (χ3n) is 3.72. The molecule has 0 aliphatic carbocycles. The summed E-state index contributed by atoms with van der Waals surface area (Å²) < 4.78 is 6.55. The van der Waals surface area contributed by atoms with Gasteiger partial charge in [-0.15, -0.1) is 0 Å². The number of para-hydroxylation sites is 1. The van der Waals surface area contributed by atoms with Crippen LogP contribution in [0.1, 0.15) is 16.8 Å². The molecule has 0 N–H and O–H groups in total. The quantitative estimate of drug-likeness (QED) is 0.680. The van der Waals surface area contributed by atoms with Crippen molar-refractivity contribution in [2.75, 3.05) is 7.11 Å². The summed E-state index contributed by atoms with van der Waals surface area (Å²) in [6.07, 6.45) is 1.73. The number of carbonyl (C=O) groups is 1. The molecule has 0 fully saturated rings. The largest absolute Gasteiger partial charge is 0.497 e. The van der Waals surface area contributed by atoms with E-state index in [0.29, 0.717) is 28.8 Å². The lowest BCUT2D eigenvalue weighted by atomic mass is 10.1. The van der Waals surface area contributed by atoms with Crippen LogP contribution < -0.4 is 10.3 Å². The maximum Gasteiger partial charge on any atom is 0.261 e. The van der Waals surface area contributed by atoms with Crippen molar-refractivity contribution in [3.05, 3.63) is 70.8 Å². The van der Waals surface area contributed by atoms with Gasteiger partial charge in [0.1, 0.15) is 5.75 Å². The number of rotatable bonds is 5. The first-order chi connectivity index (χ1) is 11.2. The number of hydrogen-bond acceptors (Lipinski definition) is 4. The van der Waals surface area contributed by atoms with Gasteiger partial charge in [-0.3, -0.25) is 14.2 Å². The smallest absolute Gasteiger partial charge is 0.261 e. The number of nitrogens with zero attached hydrogens (tertiary/aromatic N) is 2. The molecule has 3 rings (SSSR count). The maximum atomic E-state index is 12.4. The van der Waals surface area contributed by atoms with Gasteiger partial charge in [-0.1, -0.05) is 12.1 Å². The molecule has 23 heavy (non-hydrogen) atoms. The van der Waals surface area contributed by atoms with Crippen molar-refractivity contribution in [2.24, 2.45) is 0 Å². The highest BCUT2D eigenvalue weighted by molar-refractivity contribution is 5.96. The molecule has 0 bridgehead atoms. The first-order valence-electron chi connectivity index (χ1n) is 7.30. The second kappa shape index (κ2) is 6.44. The van der Waals surface area contributed by atoms with Gasteiger partial charge in [0.2, 0.25) is 0 Å². The number of hydrogen-bond donors (Lipinski definition) is 0. The average molecular weight is 308 g/mol. The number of ketones is 1. The summed E-state index contributed by atoms with van der Waals surface area (Å²) in [6, 6.07) is 14.1. The molecule has 0 atom stereocenters. The van der Waals surface area contributed by atoms with Crippen molar-refractivity contribution in [2.45, 2.75) is 13.0 Å². The Bertz CT molecular complexity index is 898. The Morgan fingerprint density at radius 1 is 1.13 bits per heavy atom. The number of ether oxygens (including phenoxy) is 1. The molecular weight excluding hydrogens is 292 g/mol. The van der Waals surface area contributed by atoms with E-state index >= 15 is 0 Å². The molecule has 3 aromatic rings. The number of benzene rings is 2. The topological polar surface area (TPSA) is 61.2 Å². The highest BCUT2D eigenvalue weighted by Gasteiger charge is 2.08. The summed E-state index contributed by atoms with van der Waals surface area (Å²) in [6.45, 7) is 0.307. The van der Waals surface area contributed by atoms with E-state index in [2.05, 4.69) is 4.98 Å². The standard InChI is InChI=1S/C18H16N2O3/c1-23-14-8-6-13(7-9-14)17(21)10-11-20-12-19-16-5-3-2-4-15(16)18(20)22/h2-9,12H,10-11H2,1H3. The van der Waals surface area contributed by atoms with E-state index in [9.17, 15) is 9.59 Å². The van der Waals surface area contributed by atoms with Crippen molar-refractivity contribution >= 4 is 16.7 Å². The molecule has 1 heterocycles. The molecule has 5 nitrogen and oxygen atoms in total. The fourth-order valence-electron chi connectivity index (χ4n) is 2.41. The van der Waals surface area contributed by atoms with Gasteiger partial charge >= 0.3 is 0 Å². The van der Waals surface area contributed by atoms with Gasteiger partial charge in [0.15, 0.2) is 5.78 Å². The lowest BCUT2D eigenvalue weighted by Crippen LogP contribution is -2.22. The number of fused-ring (bicyclic) bond motifs is 1. The van der Waals surface area contributed by atoms with Crippen LogP contribution in [0.5, 0.6) is 5.75 Å². The number of carbonyl (C=O) groups excluding carboxylic acids is 1. The minimum atomic E-state index is -0.127. The SMILES string of the molecule is COc1ccc(C(=O)CCn2cnc3ccccc3c2=O)cc1. The molecule has 0 saturated heterocycles. The third kappa shape index (κ3) is 3.13. The lowest BCUT2D eigenvalue weighted by Gasteiger charge is -2.07. The average Bonchev–Trinajstić information content (AvgIpc) is 2.61. The van der Waals surface area contributed by atoms with Crippen LogP contribution in [0.3, 0.4) is 0 Å². The number of aromatic nitrogens is 2. The summed E-state index contributed by atoms with van der Waals surface area (Å²) in [4.78, 5) is 28.8. The molecule has 0 radical (unpaired) electrons. The fraction of sp³-hybridized carbons (Fsp3) is 0.167. The van der Waals surface area contributed by atoms with Crippen LogP contribution in [0.25, 0.3) is 10.9 Å². The lowest BCUT2D eigenvalue weighted by molar-refractivity contribution is 0.0976. The first kappa shape index (κ1) is 15.0. The van der Waals surface area contributed by atoms with E-state index in [4.69, 9.17) is 4.74 Å². The molecule has 5 heteroatoms. The predicted molar refractivity (Wildman–Crippen MR) is 87.9 cm³/mol. The second-order valence-corrected chi connectivity index (χ2v) is 5.16. The van der Waals surface area contributed by atoms with E-state index in [1.807, 2.05) is 6.07 Å². The van der Waals surface area contributed by atoms with Crippen molar-refractivity contribution in [3.8, 4) is 5.75 Å². The molecule has 0 aliphatic heterocycles. The minimum absolute atomic E-state index is 0.0206. The fourth-order valence-corrected chi connectivity index (χ4v) is 2.41. The summed E-state index contributed by atoms with van der Waals surface area (Å²) in [7, 11) is 1.58. The van der Waals surface area contributed by atoms with Gasteiger partial charge in [0.25, 0.3) is 5.56 Å². The van der Waals surface area contributed by atoms with Crippen LogP contribution in [-0.4, -0.2) is 22.4 Å². The van der Waals surface area contributed by atoms with Crippen LogP contribution in [-0.2, 0) is 6.54 Å². The van der Waals surface area contributed by atoms with E-state index in [-0.39, 0.29) is 17.8 Å². The van der Waals surface area contributed by atoms with Crippen LogP contribution >= 0.6 is 0 Å². The minimum Gasteiger partial charge on any atom is -0.497 e. The van der Waals surface area contributed by atoms with Crippen LogP contribution in [0.4, 0.5) is 0 Å². The molecule has 116 valence electrons. The number of methoxy groups -OCH3 is 1. The van der Waals surface area contributed by atoms with Gasteiger partial charge < -0.3 is 4.74 Å². The van der Waals surface area contributed by atoms with Crippen LogP contribution in [0.15, 0.2) is 59.7 Å². The van der Waals surface area contributed by atoms with E-state index in [1.165, 1.54) is 10.9 Å².